The van der Waals surface area contributed by atoms with Crippen molar-refractivity contribution in [3.8, 4) is 5.69 Å². The first-order valence-corrected chi connectivity index (χ1v) is 13.7. The fourth-order valence-electron chi connectivity index (χ4n) is 6.05. The number of nitrogens with zero attached hydrogens (tertiary/aromatic N) is 4. The second-order valence-electron chi connectivity index (χ2n) is 11.2. The van der Waals surface area contributed by atoms with Crippen molar-refractivity contribution in [3.05, 3.63) is 59.3 Å². The van der Waals surface area contributed by atoms with Gasteiger partial charge in [-0.05, 0) is 88.2 Å². The summed E-state index contributed by atoms with van der Waals surface area (Å²) in [6.45, 7) is 8.80. The molecule has 4 heterocycles. The third-order valence-electron chi connectivity index (χ3n) is 8.37. The van der Waals surface area contributed by atoms with Crippen molar-refractivity contribution in [2.75, 3.05) is 26.7 Å². The number of aryl methyl sites for hydroxylation is 1. The minimum atomic E-state index is -0.429. The molecule has 2 fully saturated rings. The molecule has 2 aliphatic rings. The summed E-state index contributed by atoms with van der Waals surface area (Å²) < 4.78 is 16.4. The summed E-state index contributed by atoms with van der Waals surface area (Å²) in [5.41, 5.74) is 4.25. The van der Waals surface area contributed by atoms with Crippen LogP contribution in [0, 0.1) is 18.7 Å². The first-order valence-electron chi connectivity index (χ1n) is 13.7. The molecule has 2 aliphatic heterocycles. The van der Waals surface area contributed by atoms with E-state index in [2.05, 4.69) is 28.3 Å². The Labute approximate surface area is 224 Å². The molecule has 1 N–H and O–H groups in total. The number of benzene rings is 1. The van der Waals surface area contributed by atoms with E-state index in [1.54, 1.807) is 18.0 Å². The van der Waals surface area contributed by atoms with Gasteiger partial charge in [-0.25, -0.2) is 4.39 Å². The van der Waals surface area contributed by atoms with Crippen molar-refractivity contribution in [1.29, 1.82) is 0 Å². The molecule has 0 saturated carbocycles. The lowest BCUT2D eigenvalue weighted by molar-refractivity contribution is -0.120. The minimum Gasteiger partial charge on any atom is -0.356 e. The fraction of sp³-hybridized carbons (Fsp3) is 0.500. The number of carbonyl (C=O) groups excluding carboxylic acids is 2. The van der Waals surface area contributed by atoms with Crippen LogP contribution in [0.3, 0.4) is 0 Å². The highest BCUT2D eigenvalue weighted by molar-refractivity contribution is 5.99. The van der Waals surface area contributed by atoms with Crippen LogP contribution in [-0.2, 0) is 11.2 Å². The van der Waals surface area contributed by atoms with Crippen molar-refractivity contribution in [3.63, 3.8) is 0 Å². The van der Waals surface area contributed by atoms with Crippen LogP contribution < -0.4 is 5.32 Å². The van der Waals surface area contributed by atoms with E-state index >= 15 is 0 Å². The highest BCUT2D eigenvalue weighted by atomic mass is 19.1. The van der Waals surface area contributed by atoms with Gasteiger partial charge < -0.3 is 19.7 Å². The maximum absolute atomic E-state index is 14.4. The van der Waals surface area contributed by atoms with E-state index in [0.29, 0.717) is 29.6 Å². The fourth-order valence-corrected chi connectivity index (χ4v) is 6.05. The van der Waals surface area contributed by atoms with Gasteiger partial charge in [0.2, 0.25) is 5.91 Å². The molecule has 8 heteroatoms. The number of likely N-dealkylation sites (tertiary alicyclic amines) is 1. The largest absolute Gasteiger partial charge is 0.356 e. The summed E-state index contributed by atoms with van der Waals surface area (Å²) in [7, 11) is 1.75. The van der Waals surface area contributed by atoms with E-state index < -0.39 is 5.82 Å². The van der Waals surface area contributed by atoms with Gasteiger partial charge in [0.25, 0.3) is 5.91 Å². The zero-order valence-corrected chi connectivity index (χ0v) is 22.8. The summed E-state index contributed by atoms with van der Waals surface area (Å²) in [5, 5.41) is 4.15. The van der Waals surface area contributed by atoms with Crippen molar-refractivity contribution in [1.82, 2.24) is 24.7 Å². The Hall–Kier alpha value is -3.26. The van der Waals surface area contributed by atoms with Crippen LogP contribution in [-0.4, -0.2) is 69.9 Å². The number of rotatable bonds is 6. The Morgan fingerprint density at radius 3 is 2.84 bits per heavy atom. The molecule has 7 nitrogen and oxygen atoms in total. The van der Waals surface area contributed by atoms with Crippen LogP contribution in [0.5, 0.6) is 0 Å². The molecule has 2 amide bonds. The summed E-state index contributed by atoms with van der Waals surface area (Å²) >= 11 is 0. The standard InChI is InChI=1S/C30H38FN5O2/c1-19(2)34(4)30(38)25-14-23(31)5-7-26(25)36-18-22(29-20(3)15-32-16-27(29)36)13-21-10-12-35(17-21)24-6-8-28(37)33-11-9-24/h5,7,14-16,18-19,21,24H,6,8-13,17H2,1-4H3,(H,33,37)/t21-,24-/m0/s1. The topological polar surface area (TPSA) is 70.5 Å². The molecular weight excluding hydrogens is 481 g/mol. The van der Waals surface area contributed by atoms with Crippen molar-refractivity contribution in [2.24, 2.45) is 5.92 Å². The number of amides is 2. The monoisotopic (exact) mass is 519 g/mol. The SMILES string of the molecule is Cc1cncc2c1c(C[C@@H]1CCN([C@@H]3CCNC(=O)CC3)C1)cn2-c1ccc(F)cc1C(=O)N(C)C(C)C. The maximum Gasteiger partial charge on any atom is 0.256 e. The predicted molar refractivity (Wildman–Crippen MR) is 147 cm³/mol. The number of aromatic nitrogens is 2. The van der Waals surface area contributed by atoms with E-state index in [4.69, 9.17) is 0 Å². The van der Waals surface area contributed by atoms with E-state index in [9.17, 15) is 14.0 Å². The van der Waals surface area contributed by atoms with Gasteiger partial charge in [0, 0.05) is 56.4 Å². The van der Waals surface area contributed by atoms with Crippen LogP contribution >= 0.6 is 0 Å². The average molecular weight is 520 g/mol. The van der Waals surface area contributed by atoms with Crippen molar-refractivity contribution >= 4 is 22.7 Å². The second-order valence-corrected chi connectivity index (χ2v) is 11.2. The smallest absolute Gasteiger partial charge is 0.256 e. The van der Waals surface area contributed by atoms with Gasteiger partial charge in [0.1, 0.15) is 5.82 Å². The third kappa shape index (κ3) is 5.19. The molecule has 0 aliphatic carbocycles. The Kier molecular flexibility index (Phi) is 7.52. The molecule has 0 spiro atoms. The molecule has 0 radical (unpaired) electrons. The molecule has 2 aromatic heterocycles. The molecule has 202 valence electrons. The molecular formula is C30H38FN5O2. The van der Waals surface area contributed by atoms with Gasteiger partial charge in [-0.3, -0.25) is 14.6 Å². The minimum absolute atomic E-state index is 0.00725. The first-order chi connectivity index (χ1) is 18.2. The van der Waals surface area contributed by atoms with Gasteiger partial charge in [0.05, 0.1) is 23.0 Å². The number of hydrogen-bond acceptors (Lipinski definition) is 4. The van der Waals surface area contributed by atoms with Crippen LogP contribution in [0.25, 0.3) is 16.6 Å². The average Bonchev–Trinajstić information content (AvgIpc) is 3.44. The number of hydrogen-bond donors (Lipinski definition) is 1. The Balaban J connectivity index is 1.46. The maximum atomic E-state index is 14.4. The van der Waals surface area contributed by atoms with Crippen molar-refractivity contribution < 1.29 is 14.0 Å². The van der Waals surface area contributed by atoms with E-state index in [1.807, 2.05) is 30.8 Å². The summed E-state index contributed by atoms with van der Waals surface area (Å²) in [6, 6.07) is 4.90. The van der Waals surface area contributed by atoms with E-state index in [1.165, 1.54) is 17.7 Å². The molecule has 3 aromatic rings. The van der Waals surface area contributed by atoms with E-state index in [0.717, 1.165) is 61.8 Å². The van der Waals surface area contributed by atoms with Gasteiger partial charge in [-0.1, -0.05) is 0 Å². The Bertz CT molecular complexity index is 1350. The van der Waals surface area contributed by atoms with Gasteiger partial charge in [-0.2, -0.15) is 0 Å². The molecule has 1 aromatic carbocycles. The van der Waals surface area contributed by atoms with Gasteiger partial charge in [0.15, 0.2) is 0 Å². The predicted octanol–water partition coefficient (Wildman–Crippen LogP) is 4.49. The molecule has 0 bridgehead atoms. The highest BCUT2D eigenvalue weighted by Gasteiger charge is 2.31. The zero-order valence-electron chi connectivity index (χ0n) is 22.8. The first kappa shape index (κ1) is 26.4. The summed E-state index contributed by atoms with van der Waals surface area (Å²) in [4.78, 5) is 33.8. The molecule has 2 saturated heterocycles. The molecule has 5 rings (SSSR count). The number of fused-ring (bicyclic) bond motifs is 1. The summed E-state index contributed by atoms with van der Waals surface area (Å²) in [6.07, 6.45) is 10.4. The Morgan fingerprint density at radius 1 is 1.24 bits per heavy atom. The van der Waals surface area contributed by atoms with E-state index in [-0.39, 0.29) is 17.9 Å². The zero-order chi connectivity index (χ0) is 27.0. The molecule has 38 heavy (non-hydrogen) atoms. The quantitative estimate of drug-likeness (QED) is 0.521. The third-order valence-corrected chi connectivity index (χ3v) is 8.37. The van der Waals surface area contributed by atoms with Crippen molar-refractivity contribution in [2.45, 2.75) is 65.0 Å². The highest BCUT2D eigenvalue weighted by Crippen LogP contribution is 2.33. The molecule has 0 unspecified atom stereocenters. The van der Waals surface area contributed by atoms with Gasteiger partial charge in [-0.15, -0.1) is 0 Å². The van der Waals surface area contributed by atoms with Gasteiger partial charge >= 0.3 is 0 Å². The van der Waals surface area contributed by atoms with Crippen LogP contribution in [0.4, 0.5) is 4.39 Å². The van der Waals surface area contributed by atoms with Crippen LogP contribution in [0.15, 0.2) is 36.8 Å². The lowest BCUT2D eigenvalue weighted by Crippen LogP contribution is -2.34. The number of pyridine rings is 1. The number of carbonyl (C=O) groups is 2. The van der Waals surface area contributed by atoms with Crippen LogP contribution in [0.1, 0.15) is 61.0 Å². The number of nitrogens with one attached hydrogen (secondary N) is 1. The normalized spacial score (nSPS) is 20.6. The molecule has 2 atom stereocenters. The second kappa shape index (κ2) is 10.8. The lowest BCUT2D eigenvalue weighted by atomic mass is 9.97. The Morgan fingerprint density at radius 2 is 2.05 bits per heavy atom. The number of halogens is 1. The summed E-state index contributed by atoms with van der Waals surface area (Å²) in [5.74, 6) is 0.0383. The lowest BCUT2D eigenvalue weighted by Gasteiger charge is -2.26. The van der Waals surface area contributed by atoms with Crippen LogP contribution in [0.2, 0.25) is 0 Å².